The number of Topliss-reactive ketones (excluding diaryl/α,β-unsaturated/α-hetero) is 1. The molecule has 1 atom stereocenters. The van der Waals surface area contributed by atoms with Crippen LogP contribution in [0.25, 0.3) is 0 Å². The summed E-state index contributed by atoms with van der Waals surface area (Å²) in [5, 5.41) is 3.13. The number of allylic oxidation sites excluding steroid dienone is 1. The van der Waals surface area contributed by atoms with Gasteiger partial charge in [-0.25, -0.2) is 0 Å². The van der Waals surface area contributed by atoms with Crippen molar-refractivity contribution in [2.24, 2.45) is 5.73 Å². The fourth-order valence-corrected chi connectivity index (χ4v) is 1.24. The first kappa shape index (κ1) is 13.9. The molecule has 0 bridgehead atoms. The summed E-state index contributed by atoms with van der Waals surface area (Å²) in [4.78, 5) is 11.4. The molecule has 3 N–H and O–H groups in total. The molecule has 3 heteroatoms. The molecule has 0 fully saturated rings. The van der Waals surface area contributed by atoms with Gasteiger partial charge >= 0.3 is 0 Å². The van der Waals surface area contributed by atoms with Gasteiger partial charge in [0.05, 0.1) is 6.04 Å². The lowest BCUT2D eigenvalue weighted by Crippen LogP contribution is -2.30. The average Bonchev–Trinajstić information content (AvgIpc) is 2.15. The third-order valence-electron chi connectivity index (χ3n) is 2.13. The van der Waals surface area contributed by atoms with Gasteiger partial charge in [-0.05, 0) is 38.7 Å². The van der Waals surface area contributed by atoms with Crippen LogP contribution in [0, 0.1) is 0 Å². The Labute approximate surface area is 92.4 Å². The molecule has 0 heterocycles. The lowest BCUT2D eigenvalue weighted by Gasteiger charge is -2.10. The number of nitrogens with one attached hydrogen (secondary N) is 1. The minimum Gasteiger partial charge on any atom is -0.389 e. The van der Waals surface area contributed by atoms with Crippen LogP contribution in [0.4, 0.5) is 0 Å². The third-order valence-corrected chi connectivity index (χ3v) is 2.13. The number of hydrogen-bond donors (Lipinski definition) is 2. The van der Waals surface area contributed by atoms with E-state index in [0.717, 1.165) is 31.5 Å². The van der Waals surface area contributed by atoms with E-state index in [0.29, 0.717) is 5.57 Å². The van der Waals surface area contributed by atoms with Crippen LogP contribution in [0.5, 0.6) is 0 Å². The number of nitrogens with two attached hydrogens (primary N) is 1. The van der Waals surface area contributed by atoms with E-state index in [-0.39, 0.29) is 11.8 Å². The summed E-state index contributed by atoms with van der Waals surface area (Å²) < 4.78 is 0. The Bertz CT molecular complexity index is 246. The van der Waals surface area contributed by atoms with Crippen LogP contribution in [0.15, 0.2) is 24.4 Å². The van der Waals surface area contributed by atoms with Crippen LogP contribution in [-0.2, 0) is 4.79 Å². The highest BCUT2D eigenvalue weighted by molar-refractivity contribution is 5.98. The van der Waals surface area contributed by atoms with Crippen LogP contribution >= 0.6 is 0 Å². The van der Waals surface area contributed by atoms with Crippen molar-refractivity contribution in [2.75, 3.05) is 6.54 Å². The molecule has 0 aliphatic heterocycles. The quantitative estimate of drug-likeness (QED) is 0.474. The predicted octanol–water partition coefficient (Wildman–Crippen LogP) is 1.75. The SMILES string of the molecule is C=C(C)NCCCCC(N)C(=O)C(=C)C. The number of unbranched alkanes of at least 4 members (excludes halogenated alkanes) is 1. The normalized spacial score (nSPS) is 11.9. The van der Waals surface area contributed by atoms with E-state index in [1.165, 1.54) is 0 Å². The van der Waals surface area contributed by atoms with Gasteiger partial charge in [-0.3, -0.25) is 4.79 Å². The minimum absolute atomic E-state index is 0.0251. The van der Waals surface area contributed by atoms with Crippen molar-refractivity contribution in [1.29, 1.82) is 0 Å². The monoisotopic (exact) mass is 210 g/mol. The second kappa shape index (κ2) is 7.23. The van der Waals surface area contributed by atoms with Gasteiger partial charge in [-0.15, -0.1) is 0 Å². The number of ketones is 1. The molecule has 0 aromatic rings. The fourth-order valence-electron chi connectivity index (χ4n) is 1.24. The molecule has 0 aliphatic rings. The second-order valence-corrected chi connectivity index (χ2v) is 3.95. The first-order chi connectivity index (χ1) is 6.95. The molecule has 86 valence electrons. The summed E-state index contributed by atoms with van der Waals surface area (Å²) in [5.41, 5.74) is 7.23. The molecule has 1 unspecified atom stereocenters. The Morgan fingerprint density at radius 1 is 1.33 bits per heavy atom. The predicted molar refractivity (Wildman–Crippen MR) is 64.5 cm³/mol. The van der Waals surface area contributed by atoms with Gasteiger partial charge in [-0.1, -0.05) is 13.2 Å². The van der Waals surface area contributed by atoms with Gasteiger partial charge in [0.2, 0.25) is 0 Å². The van der Waals surface area contributed by atoms with E-state index in [1.807, 2.05) is 6.92 Å². The van der Waals surface area contributed by atoms with Crippen molar-refractivity contribution < 1.29 is 4.79 Å². The van der Waals surface area contributed by atoms with Gasteiger partial charge in [0, 0.05) is 12.2 Å². The first-order valence-corrected chi connectivity index (χ1v) is 5.30. The van der Waals surface area contributed by atoms with E-state index in [4.69, 9.17) is 5.73 Å². The van der Waals surface area contributed by atoms with Crippen molar-refractivity contribution >= 4 is 5.78 Å². The van der Waals surface area contributed by atoms with E-state index < -0.39 is 0 Å². The van der Waals surface area contributed by atoms with Crippen LogP contribution in [-0.4, -0.2) is 18.4 Å². The molecule has 0 aliphatic carbocycles. The number of rotatable bonds is 8. The van der Waals surface area contributed by atoms with Crippen molar-refractivity contribution in [1.82, 2.24) is 5.32 Å². The Hall–Kier alpha value is -1.09. The molecule has 3 nitrogen and oxygen atoms in total. The highest BCUT2D eigenvalue weighted by Crippen LogP contribution is 2.03. The van der Waals surface area contributed by atoms with Gasteiger partial charge in [0.25, 0.3) is 0 Å². The molecule has 0 rings (SSSR count). The fraction of sp³-hybridized carbons (Fsp3) is 0.583. The number of carbonyl (C=O) groups is 1. The van der Waals surface area contributed by atoms with Crippen LogP contribution in [0.1, 0.15) is 33.1 Å². The molecular formula is C12H22N2O. The molecule has 0 aromatic carbocycles. The lowest BCUT2D eigenvalue weighted by molar-refractivity contribution is -0.116. The second-order valence-electron chi connectivity index (χ2n) is 3.95. The van der Waals surface area contributed by atoms with Crippen LogP contribution in [0.2, 0.25) is 0 Å². The Kier molecular flexibility index (Phi) is 6.71. The topological polar surface area (TPSA) is 55.1 Å². The number of carbonyl (C=O) groups excluding carboxylic acids is 1. The molecular weight excluding hydrogens is 188 g/mol. The molecule has 0 spiro atoms. The van der Waals surface area contributed by atoms with Crippen molar-refractivity contribution in [3.63, 3.8) is 0 Å². The summed E-state index contributed by atoms with van der Waals surface area (Å²) >= 11 is 0. The molecule has 0 aromatic heterocycles. The van der Waals surface area contributed by atoms with Gasteiger partial charge in [0.1, 0.15) is 0 Å². The first-order valence-electron chi connectivity index (χ1n) is 5.30. The summed E-state index contributed by atoms with van der Waals surface area (Å²) in [6.07, 6.45) is 2.67. The zero-order valence-corrected chi connectivity index (χ0v) is 9.81. The van der Waals surface area contributed by atoms with Crippen molar-refractivity contribution in [2.45, 2.75) is 39.2 Å². The maximum Gasteiger partial charge on any atom is 0.174 e. The van der Waals surface area contributed by atoms with Crippen LogP contribution < -0.4 is 11.1 Å². The minimum atomic E-state index is -0.382. The zero-order valence-electron chi connectivity index (χ0n) is 9.81. The largest absolute Gasteiger partial charge is 0.389 e. The molecule has 15 heavy (non-hydrogen) atoms. The summed E-state index contributed by atoms with van der Waals surface area (Å²) in [6, 6.07) is -0.382. The van der Waals surface area contributed by atoms with Crippen molar-refractivity contribution in [3.8, 4) is 0 Å². The molecule has 0 saturated carbocycles. The van der Waals surface area contributed by atoms with Gasteiger partial charge in [0.15, 0.2) is 5.78 Å². The van der Waals surface area contributed by atoms with Gasteiger partial charge in [-0.2, -0.15) is 0 Å². The highest BCUT2D eigenvalue weighted by atomic mass is 16.1. The zero-order chi connectivity index (χ0) is 11.8. The standard InChI is InChI=1S/C12H22N2O/c1-9(2)12(15)11(13)7-5-6-8-14-10(3)4/h11,14H,1,3,5-8,13H2,2,4H3. The van der Waals surface area contributed by atoms with Crippen molar-refractivity contribution in [3.05, 3.63) is 24.4 Å². The molecule has 0 saturated heterocycles. The Morgan fingerprint density at radius 3 is 2.40 bits per heavy atom. The van der Waals surface area contributed by atoms with E-state index in [1.54, 1.807) is 6.92 Å². The summed E-state index contributed by atoms with van der Waals surface area (Å²) in [7, 11) is 0. The number of hydrogen-bond acceptors (Lipinski definition) is 3. The van der Waals surface area contributed by atoms with E-state index in [2.05, 4.69) is 18.5 Å². The van der Waals surface area contributed by atoms with E-state index >= 15 is 0 Å². The highest BCUT2D eigenvalue weighted by Gasteiger charge is 2.12. The average molecular weight is 210 g/mol. The maximum atomic E-state index is 11.4. The summed E-state index contributed by atoms with van der Waals surface area (Å²) in [5.74, 6) is -0.0251. The third kappa shape index (κ3) is 6.91. The van der Waals surface area contributed by atoms with E-state index in [9.17, 15) is 4.79 Å². The lowest BCUT2D eigenvalue weighted by atomic mass is 10.0. The summed E-state index contributed by atoms with van der Waals surface area (Å²) in [6.45, 7) is 11.8. The smallest absolute Gasteiger partial charge is 0.174 e. The maximum absolute atomic E-state index is 11.4. The Balaban J connectivity index is 3.55. The molecule has 0 radical (unpaired) electrons. The Morgan fingerprint density at radius 2 is 1.93 bits per heavy atom. The van der Waals surface area contributed by atoms with Gasteiger partial charge < -0.3 is 11.1 Å². The molecule has 0 amide bonds. The van der Waals surface area contributed by atoms with Crippen LogP contribution in [0.3, 0.4) is 0 Å².